The van der Waals surface area contributed by atoms with Crippen LogP contribution >= 0.6 is 0 Å². The predicted molar refractivity (Wildman–Crippen MR) is 109 cm³/mol. The number of aromatic nitrogens is 2. The first kappa shape index (κ1) is 17.4. The number of halogens is 1. The number of H-pyrrole nitrogens is 1. The third-order valence-electron chi connectivity index (χ3n) is 5.18. The quantitative estimate of drug-likeness (QED) is 0.653. The van der Waals surface area contributed by atoms with Gasteiger partial charge in [0.25, 0.3) is 0 Å². The number of nitrogens with one attached hydrogen (secondary N) is 1. The van der Waals surface area contributed by atoms with Gasteiger partial charge in [-0.1, -0.05) is 12.2 Å². The third-order valence-corrected chi connectivity index (χ3v) is 5.18. The lowest BCUT2D eigenvalue weighted by Crippen LogP contribution is -2.32. The van der Waals surface area contributed by atoms with Gasteiger partial charge < -0.3 is 4.98 Å². The Labute approximate surface area is 158 Å². The highest BCUT2D eigenvalue weighted by Gasteiger charge is 2.22. The topological polar surface area (TPSA) is 31.9 Å². The molecular weight excluding hydrogens is 337 g/mol. The van der Waals surface area contributed by atoms with Gasteiger partial charge in [-0.25, -0.2) is 4.39 Å². The van der Waals surface area contributed by atoms with Crippen molar-refractivity contribution in [3.8, 4) is 22.4 Å². The molecule has 0 bridgehead atoms. The summed E-state index contributed by atoms with van der Waals surface area (Å²) >= 11 is 0. The van der Waals surface area contributed by atoms with E-state index < -0.39 is 0 Å². The van der Waals surface area contributed by atoms with Gasteiger partial charge >= 0.3 is 0 Å². The fourth-order valence-electron chi connectivity index (χ4n) is 3.67. The summed E-state index contributed by atoms with van der Waals surface area (Å²) in [5.41, 5.74) is 6.66. The van der Waals surface area contributed by atoms with Crippen molar-refractivity contribution in [2.24, 2.45) is 0 Å². The van der Waals surface area contributed by atoms with Crippen LogP contribution in [0.1, 0.15) is 12.0 Å². The van der Waals surface area contributed by atoms with E-state index in [0.29, 0.717) is 0 Å². The summed E-state index contributed by atoms with van der Waals surface area (Å²) in [6, 6.07) is 10.9. The SMILES string of the molecule is C=CC1C=C(c2c[nH]c(-c3ccc(F)cc3)c2-c2ccncc2)CCN1C. The molecule has 0 radical (unpaired) electrons. The highest BCUT2D eigenvalue weighted by Crippen LogP contribution is 2.39. The van der Waals surface area contributed by atoms with E-state index in [2.05, 4.69) is 40.8 Å². The number of aromatic amines is 1. The van der Waals surface area contributed by atoms with Crippen molar-refractivity contribution in [3.63, 3.8) is 0 Å². The summed E-state index contributed by atoms with van der Waals surface area (Å²) in [4.78, 5) is 9.87. The number of rotatable bonds is 4. The molecule has 1 N–H and O–H groups in total. The van der Waals surface area contributed by atoms with Crippen LogP contribution in [0.25, 0.3) is 28.0 Å². The zero-order valence-electron chi connectivity index (χ0n) is 15.3. The van der Waals surface area contributed by atoms with Gasteiger partial charge in [0.1, 0.15) is 5.82 Å². The first-order chi connectivity index (χ1) is 13.2. The average molecular weight is 359 g/mol. The molecule has 0 amide bonds. The van der Waals surface area contributed by atoms with E-state index >= 15 is 0 Å². The normalized spacial score (nSPS) is 17.6. The van der Waals surface area contributed by atoms with E-state index in [1.54, 1.807) is 12.4 Å². The molecule has 0 spiro atoms. The Hall–Kier alpha value is -2.98. The van der Waals surface area contributed by atoms with Crippen LogP contribution in [-0.2, 0) is 0 Å². The Morgan fingerprint density at radius 3 is 2.59 bits per heavy atom. The molecule has 1 atom stereocenters. The van der Waals surface area contributed by atoms with Gasteiger partial charge in [-0.2, -0.15) is 0 Å². The molecule has 1 aliphatic heterocycles. The van der Waals surface area contributed by atoms with Crippen molar-refractivity contribution < 1.29 is 4.39 Å². The van der Waals surface area contributed by atoms with Crippen LogP contribution in [0.5, 0.6) is 0 Å². The maximum Gasteiger partial charge on any atom is 0.123 e. The molecule has 27 heavy (non-hydrogen) atoms. The lowest BCUT2D eigenvalue weighted by Gasteiger charge is -2.29. The predicted octanol–water partition coefficient (Wildman–Crippen LogP) is 5.16. The first-order valence-electron chi connectivity index (χ1n) is 9.09. The van der Waals surface area contributed by atoms with Crippen LogP contribution in [0.4, 0.5) is 4.39 Å². The lowest BCUT2D eigenvalue weighted by atomic mass is 9.90. The van der Waals surface area contributed by atoms with Gasteiger partial charge in [-0.3, -0.25) is 9.88 Å². The number of likely N-dealkylation sites (N-methyl/N-ethyl adjacent to an activating group) is 1. The molecule has 3 heterocycles. The Morgan fingerprint density at radius 2 is 1.89 bits per heavy atom. The Morgan fingerprint density at radius 1 is 1.15 bits per heavy atom. The van der Waals surface area contributed by atoms with E-state index in [4.69, 9.17) is 0 Å². The van der Waals surface area contributed by atoms with Gasteiger partial charge in [0, 0.05) is 42.3 Å². The molecule has 1 unspecified atom stereocenters. The molecule has 0 aliphatic carbocycles. The summed E-state index contributed by atoms with van der Waals surface area (Å²) in [6.45, 7) is 4.95. The van der Waals surface area contributed by atoms with Crippen LogP contribution in [0.15, 0.2) is 73.7 Å². The Kier molecular flexibility index (Phi) is 4.73. The van der Waals surface area contributed by atoms with Crippen molar-refractivity contribution in [1.82, 2.24) is 14.9 Å². The molecule has 3 aromatic rings. The van der Waals surface area contributed by atoms with Crippen LogP contribution < -0.4 is 0 Å². The number of nitrogens with zero attached hydrogens (tertiary/aromatic N) is 2. The van der Waals surface area contributed by atoms with E-state index in [0.717, 1.165) is 35.3 Å². The molecule has 136 valence electrons. The zero-order chi connectivity index (χ0) is 18.8. The van der Waals surface area contributed by atoms with E-state index in [1.165, 1.54) is 23.3 Å². The molecule has 0 fully saturated rings. The summed E-state index contributed by atoms with van der Waals surface area (Å²) in [5.74, 6) is -0.233. The van der Waals surface area contributed by atoms with E-state index in [-0.39, 0.29) is 11.9 Å². The minimum Gasteiger partial charge on any atom is -0.360 e. The smallest absolute Gasteiger partial charge is 0.123 e. The van der Waals surface area contributed by atoms with Crippen LogP contribution in [0.3, 0.4) is 0 Å². The zero-order valence-corrected chi connectivity index (χ0v) is 15.3. The maximum absolute atomic E-state index is 13.4. The molecule has 2 aromatic heterocycles. The van der Waals surface area contributed by atoms with Crippen molar-refractivity contribution in [2.45, 2.75) is 12.5 Å². The van der Waals surface area contributed by atoms with Crippen molar-refractivity contribution in [3.05, 3.63) is 85.1 Å². The van der Waals surface area contributed by atoms with E-state index in [1.807, 2.05) is 30.3 Å². The summed E-state index contributed by atoms with van der Waals surface area (Å²) in [6.07, 6.45) is 10.9. The Balaban J connectivity index is 1.88. The number of benzene rings is 1. The maximum atomic E-state index is 13.4. The van der Waals surface area contributed by atoms with Crippen molar-refractivity contribution >= 4 is 5.57 Å². The minimum atomic E-state index is -0.233. The molecule has 4 heteroatoms. The fourth-order valence-corrected chi connectivity index (χ4v) is 3.67. The molecule has 0 saturated heterocycles. The summed E-state index contributed by atoms with van der Waals surface area (Å²) < 4.78 is 13.4. The van der Waals surface area contributed by atoms with Crippen molar-refractivity contribution in [2.75, 3.05) is 13.6 Å². The first-order valence-corrected chi connectivity index (χ1v) is 9.09. The fraction of sp³-hybridized carbons (Fsp3) is 0.174. The monoisotopic (exact) mass is 359 g/mol. The Bertz CT molecular complexity index is 971. The van der Waals surface area contributed by atoms with Crippen LogP contribution in [0, 0.1) is 5.82 Å². The molecule has 1 aliphatic rings. The van der Waals surface area contributed by atoms with Gasteiger partial charge in [0.2, 0.25) is 0 Å². The summed E-state index contributed by atoms with van der Waals surface area (Å²) in [7, 11) is 2.12. The highest BCUT2D eigenvalue weighted by atomic mass is 19.1. The number of hydrogen-bond acceptors (Lipinski definition) is 2. The van der Waals surface area contributed by atoms with Gasteiger partial charge in [-0.15, -0.1) is 6.58 Å². The molecule has 4 rings (SSSR count). The van der Waals surface area contributed by atoms with Gasteiger partial charge in [-0.05, 0) is 66.6 Å². The van der Waals surface area contributed by atoms with Gasteiger partial charge in [0.15, 0.2) is 0 Å². The van der Waals surface area contributed by atoms with Crippen LogP contribution in [-0.4, -0.2) is 34.5 Å². The lowest BCUT2D eigenvalue weighted by molar-refractivity contribution is 0.317. The third kappa shape index (κ3) is 3.36. The largest absolute Gasteiger partial charge is 0.360 e. The molecule has 0 saturated carbocycles. The second-order valence-electron chi connectivity index (χ2n) is 6.84. The molecular formula is C23H22FN3. The standard InChI is InChI=1S/C23H22FN3/c1-3-20-14-18(10-13-27(20)2)21-15-26-23(17-4-6-19(24)7-5-17)22(21)16-8-11-25-12-9-16/h3-9,11-12,14-15,20,26H,1,10,13H2,2H3. The van der Waals surface area contributed by atoms with E-state index in [9.17, 15) is 4.39 Å². The second kappa shape index (κ2) is 7.33. The average Bonchev–Trinajstić information content (AvgIpc) is 3.14. The minimum absolute atomic E-state index is 0.225. The summed E-state index contributed by atoms with van der Waals surface area (Å²) in [5, 5.41) is 0. The second-order valence-corrected chi connectivity index (χ2v) is 6.84. The number of hydrogen-bond donors (Lipinski definition) is 1. The van der Waals surface area contributed by atoms with Crippen molar-refractivity contribution in [1.29, 1.82) is 0 Å². The number of pyridine rings is 1. The molecule has 1 aromatic carbocycles. The highest BCUT2D eigenvalue weighted by molar-refractivity contribution is 5.91. The molecule has 3 nitrogen and oxygen atoms in total. The van der Waals surface area contributed by atoms with Gasteiger partial charge in [0.05, 0.1) is 5.69 Å². The van der Waals surface area contributed by atoms with Crippen LogP contribution in [0.2, 0.25) is 0 Å².